The molecule has 28 heavy (non-hydrogen) atoms. The van der Waals surface area contributed by atoms with Gasteiger partial charge in [-0.15, -0.1) is 0 Å². The predicted octanol–water partition coefficient (Wildman–Crippen LogP) is 4.50. The summed E-state index contributed by atoms with van der Waals surface area (Å²) < 4.78 is 18.3. The van der Waals surface area contributed by atoms with Crippen molar-refractivity contribution in [3.8, 4) is 22.6 Å². The Hall–Kier alpha value is -2.99. The zero-order valence-corrected chi connectivity index (χ0v) is 16.7. The number of halogens is 1. The van der Waals surface area contributed by atoms with Gasteiger partial charge in [0.05, 0.1) is 25.5 Å². The van der Waals surface area contributed by atoms with Gasteiger partial charge in [0.2, 0.25) is 0 Å². The highest BCUT2D eigenvalue weighted by Gasteiger charge is 2.19. The minimum absolute atomic E-state index is 0.0126. The van der Waals surface area contributed by atoms with E-state index in [0.29, 0.717) is 34.6 Å². The van der Waals surface area contributed by atoms with Gasteiger partial charge in [-0.2, -0.15) is 0 Å². The summed E-state index contributed by atoms with van der Waals surface area (Å²) in [5, 5.41) is 0.473. The zero-order valence-electron chi connectivity index (χ0n) is 15.9. The molecule has 146 valence electrons. The SMILES string of the molecule is CCOc1cc(C(=O)OCc2ncc(Cl)n2C)cc(-c2ccccc2)c1OC. The lowest BCUT2D eigenvalue weighted by atomic mass is 10.0. The fourth-order valence-electron chi connectivity index (χ4n) is 2.80. The third-order valence-corrected chi connectivity index (χ3v) is 4.59. The molecule has 3 aromatic rings. The van der Waals surface area contributed by atoms with Gasteiger partial charge in [-0.3, -0.25) is 0 Å². The molecule has 0 unspecified atom stereocenters. The molecule has 3 rings (SSSR count). The number of nitrogens with zero attached hydrogens (tertiary/aromatic N) is 2. The first-order valence-electron chi connectivity index (χ1n) is 8.78. The van der Waals surface area contributed by atoms with E-state index in [1.54, 1.807) is 30.9 Å². The number of aromatic nitrogens is 2. The summed E-state index contributed by atoms with van der Waals surface area (Å²) >= 11 is 5.97. The Morgan fingerprint density at radius 1 is 1.21 bits per heavy atom. The van der Waals surface area contributed by atoms with Crippen LogP contribution in [0.15, 0.2) is 48.7 Å². The lowest BCUT2D eigenvalue weighted by molar-refractivity contribution is 0.0458. The van der Waals surface area contributed by atoms with Crippen LogP contribution in [0.4, 0.5) is 0 Å². The molecule has 1 heterocycles. The number of methoxy groups -OCH3 is 1. The van der Waals surface area contributed by atoms with E-state index in [0.717, 1.165) is 11.1 Å². The summed E-state index contributed by atoms with van der Waals surface area (Å²) in [6.07, 6.45) is 1.51. The second kappa shape index (κ2) is 8.80. The number of carbonyl (C=O) groups is 1. The van der Waals surface area contributed by atoms with E-state index in [1.165, 1.54) is 6.20 Å². The van der Waals surface area contributed by atoms with Crippen LogP contribution in [0, 0.1) is 0 Å². The number of imidazole rings is 1. The van der Waals surface area contributed by atoms with E-state index < -0.39 is 5.97 Å². The number of benzene rings is 2. The van der Waals surface area contributed by atoms with Crippen LogP contribution in [-0.2, 0) is 18.4 Å². The van der Waals surface area contributed by atoms with Crippen molar-refractivity contribution in [1.82, 2.24) is 9.55 Å². The number of hydrogen-bond acceptors (Lipinski definition) is 5. The van der Waals surface area contributed by atoms with Gasteiger partial charge in [0.15, 0.2) is 11.5 Å². The van der Waals surface area contributed by atoms with Gasteiger partial charge >= 0.3 is 5.97 Å². The summed E-state index contributed by atoms with van der Waals surface area (Å²) in [7, 11) is 3.33. The van der Waals surface area contributed by atoms with Gasteiger partial charge in [-0.1, -0.05) is 41.9 Å². The molecule has 0 saturated heterocycles. The Kier molecular flexibility index (Phi) is 6.21. The van der Waals surface area contributed by atoms with Crippen LogP contribution in [0.1, 0.15) is 23.1 Å². The molecule has 0 fully saturated rings. The van der Waals surface area contributed by atoms with Gasteiger partial charge in [0.25, 0.3) is 0 Å². The smallest absolute Gasteiger partial charge is 0.338 e. The van der Waals surface area contributed by atoms with Crippen LogP contribution in [-0.4, -0.2) is 29.2 Å². The zero-order chi connectivity index (χ0) is 20.1. The maximum absolute atomic E-state index is 12.7. The molecule has 7 heteroatoms. The maximum Gasteiger partial charge on any atom is 0.338 e. The highest BCUT2D eigenvalue weighted by molar-refractivity contribution is 6.29. The molecule has 0 aliphatic heterocycles. The van der Waals surface area contributed by atoms with Gasteiger partial charge in [-0.25, -0.2) is 9.78 Å². The number of ether oxygens (including phenoxy) is 3. The third-order valence-electron chi connectivity index (χ3n) is 4.24. The Morgan fingerprint density at radius 3 is 2.57 bits per heavy atom. The molecule has 0 spiro atoms. The quantitative estimate of drug-likeness (QED) is 0.546. The Morgan fingerprint density at radius 2 is 1.96 bits per heavy atom. The van der Waals surface area contributed by atoms with Gasteiger partial charge in [0.1, 0.15) is 17.6 Å². The van der Waals surface area contributed by atoms with Gasteiger partial charge in [0, 0.05) is 12.6 Å². The molecule has 0 N–H and O–H groups in total. The predicted molar refractivity (Wildman–Crippen MR) is 107 cm³/mol. The standard InChI is InChI=1S/C21H21ClN2O4/c1-4-27-17-11-15(21(25)28-13-19-23-12-18(22)24(19)2)10-16(20(17)26-3)14-8-6-5-7-9-14/h5-12H,4,13H2,1-3H3. The van der Waals surface area contributed by atoms with Crippen molar-refractivity contribution < 1.29 is 19.0 Å². The molecule has 2 aromatic carbocycles. The van der Waals surface area contributed by atoms with Crippen molar-refractivity contribution in [1.29, 1.82) is 0 Å². The first-order chi connectivity index (χ1) is 13.5. The molecule has 0 saturated carbocycles. The van der Waals surface area contributed by atoms with E-state index in [2.05, 4.69) is 4.98 Å². The van der Waals surface area contributed by atoms with Crippen LogP contribution >= 0.6 is 11.6 Å². The van der Waals surface area contributed by atoms with Crippen LogP contribution in [0.3, 0.4) is 0 Å². The lowest BCUT2D eigenvalue weighted by Crippen LogP contribution is -2.09. The van der Waals surface area contributed by atoms with Crippen molar-refractivity contribution in [3.63, 3.8) is 0 Å². The summed E-state index contributed by atoms with van der Waals surface area (Å²) in [6.45, 7) is 2.32. The average Bonchev–Trinajstić information content (AvgIpc) is 3.04. The fraction of sp³-hybridized carbons (Fsp3) is 0.238. The molecule has 0 amide bonds. The first kappa shape index (κ1) is 19.8. The molecular formula is C21H21ClN2O4. The summed E-state index contributed by atoms with van der Waals surface area (Å²) in [6, 6.07) is 13.0. The minimum Gasteiger partial charge on any atom is -0.492 e. The molecule has 1 aromatic heterocycles. The number of rotatable bonds is 7. The second-order valence-electron chi connectivity index (χ2n) is 5.99. The maximum atomic E-state index is 12.7. The Balaban J connectivity index is 1.94. The number of carbonyl (C=O) groups excluding carboxylic acids is 1. The van der Waals surface area contributed by atoms with Crippen molar-refractivity contribution in [2.45, 2.75) is 13.5 Å². The van der Waals surface area contributed by atoms with Crippen molar-refractivity contribution in [2.24, 2.45) is 7.05 Å². The van der Waals surface area contributed by atoms with Crippen molar-refractivity contribution in [2.75, 3.05) is 13.7 Å². The Bertz CT molecular complexity index is 970. The van der Waals surface area contributed by atoms with E-state index >= 15 is 0 Å². The first-order valence-corrected chi connectivity index (χ1v) is 9.16. The largest absolute Gasteiger partial charge is 0.492 e. The summed E-state index contributed by atoms with van der Waals surface area (Å²) in [5.41, 5.74) is 2.02. The minimum atomic E-state index is -0.486. The Labute approximate surface area is 168 Å². The molecule has 0 atom stereocenters. The second-order valence-corrected chi connectivity index (χ2v) is 6.37. The van der Waals surface area contributed by atoms with E-state index in [4.69, 9.17) is 25.8 Å². The topological polar surface area (TPSA) is 62.6 Å². The molecule has 0 radical (unpaired) electrons. The fourth-order valence-corrected chi connectivity index (χ4v) is 2.94. The van der Waals surface area contributed by atoms with Crippen LogP contribution in [0.2, 0.25) is 5.15 Å². The van der Waals surface area contributed by atoms with E-state index in [9.17, 15) is 4.79 Å². The summed E-state index contributed by atoms with van der Waals surface area (Å²) in [5.74, 6) is 1.12. The molecule has 0 bridgehead atoms. The summed E-state index contributed by atoms with van der Waals surface area (Å²) in [4.78, 5) is 16.8. The van der Waals surface area contributed by atoms with Crippen molar-refractivity contribution >= 4 is 17.6 Å². The number of hydrogen-bond donors (Lipinski definition) is 0. The highest BCUT2D eigenvalue weighted by atomic mass is 35.5. The van der Waals surface area contributed by atoms with Crippen LogP contribution < -0.4 is 9.47 Å². The molecule has 6 nitrogen and oxygen atoms in total. The average molecular weight is 401 g/mol. The van der Waals surface area contributed by atoms with Gasteiger partial charge in [-0.05, 0) is 24.6 Å². The van der Waals surface area contributed by atoms with Crippen molar-refractivity contribution in [3.05, 3.63) is 65.2 Å². The third kappa shape index (κ3) is 4.12. The number of esters is 1. The lowest BCUT2D eigenvalue weighted by Gasteiger charge is -2.16. The monoisotopic (exact) mass is 400 g/mol. The molecule has 0 aliphatic carbocycles. The van der Waals surface area contributed by atoms with Crippen LogP contribution in [0.5, 0.6) is 11.5 Å². The molecular weight excluding hydrogens is 380 g/mol. The molecule has 0 aliphatic rings. The van der Waals surface area contributed by atoms with E-state index in [-0.39, 0.29) is 6.61 Å². The normalized spacial score (nSPS) is 10.6. The van der Waals surface area contributed by atoms with Gasteiger partial charge < -0.3 is 18.8 Å². The van der Waals surface area contributed by atoms with E-state index in [1.807, 2.05) is 37.3 Å². The van der Waals surface area contributed by atoms with Crippen LogP contribution in [0.25, 0.3) is 11.1 Å². The highest BCUT2D eigenvalue weighted by Crippen LogP contribution is 2.39.